The Morgan fingerprint density at radius 1 is 1.25 bits per heavy atom. The molecule has 0 radical (unpaired) electrons. The molecule has 2 heterocycles. The first kappa shape index (κ1) is 15.9. The van der Waals surface area contributed by atoms with Crippen molar-refractivity contribution in [2.24, 2.45) is 0 Å². The number of carbonyl (C=O) groups excluding carboxylic acids is 1. The summed E-state index contributed by atoms with van der Waals surface area (Å²) in [6, 6.07) is 10.9. The topological polar surface area (TPSA) is 87.7 Å². The number of para-hydroxylation sites is 1. The van der Waals surface area contributed by atoms with Gasteiger partial charge in [0.15, 0.2) is 0 Å². The predicted molar refractivity (Wildman–Crippen MR) is 92.9 cm³/mol. The monoisotopic (exact) mass is 322 g/mol. The van der Waals surface area contributed by atoms with Gasteiger partial charge in [-0.15, -0.1) is 0 Å². The summed E-state index contributed by atoms with van der Waals surface area (Å²) in [5, 5.41) is 3.34. The highest BCUT2D eigenvalue weighted by molar-refractivity contribution is 5.89. The minimum Gasteiger partial charge on any atom is -0.311 e. The maximum atomic E-state index is 12.0. The van der Waals surface area contributed by atoms with Crippen molar-refractivity contribution in [2.75, 3.05) is 5.32 Å². The van der Waals surface area contributed by atoms with Crippen LogP contribution in [0.15, 0.2) is 47.4 Å². The molecule has 6 heteroatoms. The van der Waals surface area contributed by atoms with E-state index >= 15 is 0 Å². The van der Waals surface area contributed by atoms with Crippen LogP contribution in [0.3, 0.4) is 0 Å². The first-order valence-corrected chi connectivity index (χ1v) is 7.82. The Hall–Kier alpha value is -3.02. The second kappa shape index (κ2) is 7.04. The fourth-order valence-electron chi connectivity index (χ4n) is 2.48. The Labute approximate surface area is 139 Å². The lowest BCUT2D eigenvalue weighted by atomic mass is 10.2. The summed E-state index contributed by atoms with van der Waals surface area (Å²) in [5.41, 5.74) is 1.56. The Morgan fingerprint density at radius 3 is 2.92 bits per heavy atom. The highest BCUT2D eigenvalue weighted by Crippen LogP contribution is 2.09. The minimum absolute atomic E-state index is 0.101. The lowest BCUT2D eigenvalue weighted by Crippen LogP contribution is -2.14. The van der Waals surface area contributed by atoms with Crippen molar-refractivity contribution in [3.8, 4) is 0 Å². The van der Waals surface area contributed by atoms with Gasteiger partial charge in [-0.25, -0.2) is 9.97 Å². The minimum atomic E-state index is -0.149. The highest BCUT2D eigenvalue weighted by Gasteiger charge is 2.06. The fraction of sp³-hybridized carbons (Fsp3) is 0.222. The quantitative estimate of drug-likeness (QED) is 0.756. The molecule has 0 aliphatic heterocycles. The number of aromatic amines is 1. The third kappa shape index (κ3) is 3.84. The van der Waals surface area contributed by atoms with Crippen LogP contribution in [0.4, 0.5) is 5.82 Å². The van der Waals surface area contributed by atoms with Crippen molar-refractivity contribution in [1.29, 1.82) is 0 Å². The average molecular weight is 322 g/mol. The van der Waals surface area contributed by atoms with Gasteiger partial charge in [-0.1, -0.05) is 12.1 Å². The zero-order chi connectivity index (χ0) is 16.9. The lowest BCUT2D eigenvalue weighted by Gasteiger charge is -2.05. The van der Waals surface area contributed by atoms with Crippen LogP contribution in [-0.4, -0.2) is 20.9 Å². The normalized spacial score (nSPS) is 10.7. The largest absolute Gasteiger partial charge is 0.311 e. The van der Waals surface area contributed by atoms with Crippen LogP contribution >= 0.6 is 0 Å². The number of benzene rings is 1. The standard InChI is InChI=1S/C18H18N4O2/c1-12-9-10-19-16(11-12)21-17(23)8-4-7-15-20-14-6-3-2-5-13(14)18(24)22-15/h2-3,5-6,9-11H,4,7-8H2,1H3,(H,19,21,23)(H,20,22,24). The molecule has 0 bridgehead atoms. The maximum absolute atomic E-state index is 12.0. The first-order valence-electron chi connectivity index (χ1n) is 7.82. The van der Waals surface area contributed by atoms with Gasteiger partial charge in [-0.3, -0.25) is 9.59 Å². The van der Waals surface area contributed by atoms with Gasteiger partial charge in [-0.2, -0.15) is 0 Å². The Bertz CT molecular complexity index is 933. The van der Waals surface area contributed by atoms with E-state index in [0.717, 1.165) is 5.56 Å². The molecule has 24 heavy (non-hydrogen) atoms. The third-order valence-electron chi connectivity index (χ3n) is 3.66. The van der Waals surface area contributed by atoms with E-state index in [-0.39, 0.29) is 11.5 Å². The number of anilines is 1. The van der Waals surface area contributed by atoms with E-state index in [1.54, 1.807) is 12.3 Å². The number of H-pyrrole nitrogens is 1. The predicted octanol–water partition coefficient (Wildman–Crippen LogP) is 2.59. The molecule has 2 aromatic heterocycles. The average Bonchev–Trinajstić information content (AvgIpc) is 2.55. The van der Waals surface area contributed by atoms with E-state index < -0.39 is 0 Å². The number of hydrogen-bond donors (Lipinski definition) is 2. The second-order valence-corrected chi connectivity index (χ2v) is 5.65. The highest BCUT2D eigenvalue weighted by atomic mass is 16.1. The number of aryl methyl sites for hydroxylation is 2. The van der Waals surface area contributed by atoms with Gasteiger partial charge >= 0.3 is 0 Å². The number of rotatable bonds is 5. The third-order valence-corrected chi connectivity index (χ3v) is 3.66. The molecule has 0 aliphatic rings. The van der Waals surface area contributed by atoms with Gasteiger partial charge in [0, 0.05) is 19.0 Å². The molecule has 6 nitrogen and oxygen atoms in total. The van der Waals surface area contributed by atoms with Crippen molar-refractivity contribution in [3.05, 3.63) is 64.3 Å². The fourth-order valence-corrected chi connectivity index (χ4v) is 2.48. The van der Waals surface area contributed by atoms with Gasteiger partial charge in [0.2, 0.25) is 5.91 Å². The van der Waals surface area contributed by atoms with E-state index in [9.17, 15) is 9.59 Å². The number of amides is 1. The van der Waals surface area contributed by atoms with Gasteiger partial charge in [0.1, 0.15) is 11.6 Å². The molecule has 0 saturated heterocycles. The molecular formula is C18H18N4O2. The zero-order valence-electron chi connectivity index (χ0n) is 13.4. The van der Waals surface area contributed by atoms with Crippen LogP contribution < -0.4 is 10.9 Å². The van der Waals surface area contributed by atoms with Crippen molar-refractivity contribution in [2.45, 2.75) is 26.2 Å². The number of aromatic nitrogens is 3. The first-order chi connectivity index (χ1) is 11.6. The van der Waals surface area contributed by atoms with E-state index in [4.69, 9.17) is 0 Å². The summed E-state index contributed by atoms with van der Waals surface area (Å²) in [4.78, 5) is 35.2. The Balaban J connectivity index is 1.58. The van der Waals surface area contributed by atoms with Crippen LogP contribution in [0.5, 0.6) is 0 Å². The summed E-state index contributed by atoms with van der Waals surface area (Å²) in [5.74, 6) is 1.05. The zero-order valence-corrected chi connectivity index (χ0v) is 13.4. The summed E-state index contributed by atoms with van der Waals surface area (Å²) >= 11 is 0. The number of carbonyl (C=O) groups is 1. The van der Waals surface area contributed by atoms with Crippen LogP contribution in [0, 0.1) is 6.92 Å². The molecule has 0 saturated carbocycles. The molecule has 2 N–H and O–H groups in total. The van der Waals surface area contributed by atoms with E-state index in [1.165, 1.54) is 0 Å². The van der Waals surface area contributed by atoms with Gasteiger partial charge < -0.3 is 10.3 Å². The summed E-state index contributed by atoms with van der Waals surface area (Å²) < 4.78 is 0. The molecule has 0 atom stereocenters. The SMILES string of the molecule is Cc1ccnc(NC(=O)CCCc2nc3ccccc3c(=O)[nH]2)c1. The summed E-state index contributed by atoms with van der Waals surface area (Å²) in [6.07, 6.45) is 3.13. The maximum Gasteiger partial charge on any atom is 0.258 e. The summed E-state index contributed by atoms with van der Waals surface area (Å²) in [7, 11) is 0. The smallest absolute Gasteiger partial charge is 0.258 e. The van der Waals surface area contributed by atoms with Crippen LogP contribution in [0.2, 0.25) is 0 Å². The molecule has 3 aromatic rings. The Morgan fingerprint density at radius 2 is 2.08 bits per heavy atom. The molecule has 1 amide bonds. The van der Waals surface area contributed by atoms with E-state index in [0.29, 0.717) is 41.8 Å². The van der Waals surface area contributed by atoms with Gasteiger partial charge in [0.25, 0.3) is 5.56 Å². The molecule has 3 rings (SSSR count). The van der Waals surface area contributed by atoms with Crippen LogP contribution in [0.1, 0.15) is 24.2 Å². The molecule has 0 spiro atoms. The van der Waals surface area contributed by atoms with Crippen LogP contribution in [0.25, 0.3) is 10.9 Å². The lowest BCUT2D eigenvalue weighted by molar-refractivity contribution is -0.116. The van der Waals surface area contributed by atoms with E-state index in [1.807, 2.05) is 37.3 Å². The number of hydrogen-bond acceptors (Lipinski definition) is 4. The number of pyridine rings is 1. The number of nitrogens with zero attached hydrogens (tertiary/aromatic N) is 2. The van der Waals surface area contributed by atoms with Gasteiger partial charge in [0.05, 0.1) is 10.9 Å². The summed E-state index contributed by atoms with van der Waals surface area (Å²) in [6.45, 7) is 1.94. The van der Waals surface area contributed by atoms with Crippen molar-refractivity contribution >= 4 is 22.6 Å². The van der Waals surface area contributed by atoms with Crippen molar-refractivity contribution < 1.29 is 4.79 Å². The molecule has 0 fully saturated rings. The molecule has 0 aliphatic carbocycles. The molecular weight excluding hydrogens is 304 g/mol. The number of nitrogens with one attached hydrogen (secondary N) is 2. The Kier molecular flexibility index (Phi) is 4.65. The number of fused-ring (bicyclic) bond motifs is 1. The molecule has 0 unspecified atom stereocenters. The molecule has 122 valence electrons. The van der Waals surface area contributed by atoms with Crippen molar-refractivity contribution in [1.82, 2.24) is 15.0 Å². The van der Waals surface area contributed by atoms with Crippen LogP contribution in [-0.2, 0) is 11.2 Å². The van der Waals surface area contributed by atoms with E-state index in [2.05, 4.69) is 20.3 Å². The molecule has 1 aromatic carbocycles. The second-order valence-electron chi connectivity index (χ2n) is 5.65. The van der Waals surface area contributed by atoms with Gasteiger partial charge in [-0.05, 0) is 43.2 Å². The van der Waals surface area contributed by atoms with Crippen molar-refractivity contribution in [3.63, 3.8) is 0 Å².